The molecular weight excluding hydrogens is 279 g/mol. The molecule has 1 heterocycles. The first kappa shape index (κ1) is 14.5. The van der Waals surface area contributed by atoms with Crippen molar-refractivity contribution >= 4 is 16.5 Å². The Balaban J connectivity index is 2.08. The van der Waals surface area contributed by atoms with E-state index in [2.05, 4.69) is 22.4 Å². The fourth-order valence-corrected chi connectivity index (χ4v) is 2.98. The lowest BCUT2D eigenvalue weighted by Crippen LogP contribution is -2.45. The van der Waals surface area contributed by atoms with Gasteiger partial charge in [-0.15, -0.1) is 10.2 Å². The van der Waals surface area contributed by atoms with Gasteiger partial charge >= 0.3 is 6.18 Å². The number of aromatic nitrogens is 2. The molecule has 19 heavy (non-hydrogen) atoms. The highest BCUT2D eigenvalue weighted by atomic mass is 32.1. The summed E-state index contributed by atoms with van der Waals surface area (Å²) in [5, 5.41) is 18.3. The van der Waals surface area contributed by atoms with Gasteiger partial charge in [-0.05, 0) is 31.6 Å². The van der Waals surface area contributed by atoms with Crippen molar-refractivity contribution in [3.05, 3.63) is 5.01 Å². The van der Waals surface area contributed by atoms with Crippen molar-refractivity contribution < 1.29 is 18.3 Å². The van der Waals surface area contributed by atoms with Gasteiger partial charge in [-0.1, -0.05) is 18.3 Å². The fourth-order valence-electron chi connectivity index (χ4n) is 2.25. The van der Waals surface area contributed by atoms with Gasteiger partial charge in [-0.2, -0.15) is 13.2 Å². The molecule has 0 amide bonds. The molecule has 1 saturated carbocycles. The van der Waals surface area contributed by atoms with Crippen molar-refractivity contribution in [2.75, 3.05) is 11.9 Å². The Bertz CT molecular complexity index is 427. The van der Waals surface area contributed by atoms with Crippen LogP contribution in [-0.4, -0.2) is 27.4 Å². The van der Waals surface area contributed by atoms with Crippen molar-refractivity contribution in [3.63, 3.8) is 0 Å². The summed E-state index contributed by atoms with van der Waals surface area (Å²) in [5.74, 6) is 0.585. The minimum absolute atomic E-state index is 0.110. The molecule has 1 fully saturated rings. The van der Waals surface area contributed by atoms with Gasteiger partial charge in [0.25, 0.3) is 0 Å². The minimum Gasteiger partial charge on any atom is -0.394 e. The number of halogens is 3. The van der Waals surface area contributed by atoms with E-state index in [1.165, 1.54) is 0 Å². The van der Waals surface area contributed by atoms with Gasteiger partial charge in [0, 0.05) is 0 Å². The van der Waals surface area contributed by atoms with E-state index in [0.29, 0.717) is 17.3 Å². The summed E-state index contributed by atoms with van der Waals surface area (Å²) >= 11 is 0.479. The van der Waals surface area contributed by atoms with Crippen LogP contribution in [0, 0.1) is 5.92 Å². The standard InChI is InChI=1S/C11H16F3N3OS/c1-7-2-4-10(6-18,5-3-7)15-9-17-16-8(19-9)11(12,13)14/h7,18H,2-6H2,1H3,(H,15,17). The van der Waals surface area contributed by atoms with Crippen LogP contribution in [0.1, 0.15) is 37.6 Å². The predicted octanol–water partition coefficient (Wildman–Crippen LogP) is 2.91. The second-order valence-corrected chi connectivity index (χ2v) is 6.13. The van der Waals surface area contributed by atoms with E-state index in [0.717, 1.165) is 25.7 Å². The molecule has 0 spiro atoms. The number of nitrogens with zero attached hydrogens (tertiary/aromatic N) is 2. The van der Waals surface area contributed by atoms with Crippen LogP contribution in [0.2, 0.25) is 0 Å². The lowest BCUT2D eigenvalue weighted by molar-refractivity contribution is -0.138. The van der Waals surface area contributed by atoms with Crippen LogP contribution in [-0.2, 0) is 6.18 Å². The summed E-state index contributed by atoms with van der Waals surface area (Å²) in [4.78, 5) is 0. The maximum atomic E-state index is 12.4. The molecule has 1 aromatic heterocycles. The maximum absolute atomic E-state index is 12.4. The van der Waals surface area contributed by atoms with E-state index in [1.807, 2.05) is 0 Å². The van der Waals surface area contributed by atoms with Gasteiger partial charge in [0.2, 0.25) is 10.1 Å². The van der Waals surface area contributed by atoms with Crippen LogP contribution in [0.15, 0.2) is 0 Å². The number of aliphatic hydroxyl groups excluding tert-OH is 1. The highest BCUT2D eigenvalue weighted by Gasteiger charge is 2.38. The van der Waals surface area contributed by atoms with Gasteiger partial charge in [-0.25, -0.2) is 0 Å². The van der Waals surface area contributed by atoms with Crippen LogP contribution < -0.4 is 5.32 Å². The second-order valence-electron chi connectivity index (χ2n) is 5.16. The average molecular weight is 295 g/mol. The Morgan fingerprint density at radius 1 is 1.37 bits per heavy atom. The summed E-state index contributed by atoms with van der Waals surface area (Å²) < 4.78 is 37.3. The number of rotatable bonds is 3. The van der Waals surface area contributed by atoms with Gasteiger partial charge in [0.1, 0.15) is 0 Å². The zero-order valence-corrected chi connectivity index (χ0v) is 11.3. The molecule has 8 heteroatoms. The van der Waals surface area contributed by atoms with E-state index in [-0.39, 0.29) is 11.7 Å². The SMILES string of the molecule is CC1CCC(CO)(Nc2nnc(C(F)(F)F)s2)CC1. The smallest absolute Gasteiger partial charge is 0.394 e. The van der Waals surface area contributed by atoms with Gasteiger partial charge in [-0.3, -0.25) is 0 Å². The molecule has 1 aliphatic rings. The van der Waals surface area contributed by atoms with E-state index in [4.69, 9.17) is 0 Å². The van der Waals surface area contributed by atoms with Crippen molar-refractivity contribution in [1.82, 2.24) is 10.2 Å². The number of hydrogen-bond donors (Lipinski definition) is 2. The molecule has 1 aliphatic carbocycles. The predicted molar refractivity (Wildman–Crippen MR) is 66.0 cm³/mol. The molecule has 0 aliphatic heterocycles. The molecule has 108 valence electrons. The van der Waals surface area contributed by atoms with Crippen LogP contribution >= 0.6 is 11.3 Å². The Morgan fingerprint density at radius 2 is 2.00 bits per heavy atom. The molecule has 0 radical (unpaired) electrons. The molecule has 4 nitrogen and oxygen atoms in total. The molecule has 1 aromatic rings. The van der Waals surface area contributed by atoms with Crippen LogP contribution in [0.3, 0.4) is 0 Å². The van der Waals surface area contributed by atoms with E-state index >= 15 is 0 Å². The molecule has 0 atom stereocenters. The van der Waals surface area contributed by atoms with Crippen LogP contribution in [0.25, 0.3) is 0 Å². The summed E-state index contributed by atoms with van der Waals surface area (Å²) in [5.41, 5.74) is -0.561. The van der Waals surface area contributed by atoms with E-state index in [9.17, 15) is 18.3 Å². The normalized spacial score (nSPS) is 28.4. The third kappa shape index (κ3) is 3.36. The highest BCUT2D eigenvalue weighted by molar-refractivity contribution is 7.15. The first-order valence-electron chi connectivity index (χ1n) is 6.14. The highest BCUT2D eigenvalue weighted by Crippen LogP contribution is 2.37. The number of anilines is 1. The third-order valence-corrected chi connectivity index (χ3v) is 4.46. The molecular formula is C11H16F3N3OS. The largest absolute Gasteiger partial charge is 0.445 e. The molecule has 0 bridgehead atoms. The Morgan fingerprint density at radius 3 is 2.47 bits per heavy atom. The van der Waals surface area contributed by atoms with Crippen LogP contribution in [0.4, 0.5) is 18.3 Å². The monoisotopic (exact) mass is 295 g/mol. The first-order valence-corrected chi connectivity index (χ1v) is 6.96. The number of aliphatic hydroxyl groups is 1. The topological polar surface area (TPSA) is 58.0 Å². The zero-order chi connectivity index (χ0) is 14.1. The summed E-state index contributed by atoms with van der Waals surface area (Å²) in [7, 11) is 0. The lowest BCUT2D eigenvalue weighted by Gasteiger charge is -2.38. The molecule has 0 saturated heterocycles. The van der Waals surface area contributed by atoms with Gasteiger partial charge < -0.3 is 10.4 Å². The lowest BCUT2D eigenvalue weighted by atomic mass is 9.78. The summed E-state index contributed by atoms with van der Waals surface area (Å²) in [6.45, 7) is 2.02. The third-order valence-electron chi connectivity index (χ3n) is 3.57. The molecule has 2 rings (SSSR count). The quantitative estimate of drug-likeness (QED) is 0.900. The molecule has 0 aromatic carbocycles. The van der Waals surface area contributed by atoms with Crippen molar-refractivity contribution in [2.24, 2.45) is 5.92 Å². The van der Waals surface area contributed by atoms with Crippen molar-refractivity contribution in [2.45, 2.75) is 44.3 Å². The van der Waals surface area contributed by atoms with Crippen molar-refractivity contribution in [1.29, 1.82) is 0 Å². The minimum atomic E-state index is -4.47. The Kier molecular flexibility index (Phi) is 4.00. The Hall–Kier alpha value is -0.890. The zero-order valence-electron chi connectivity index (χ0n) is 10.5. The number of alkyl halides is 3. The molecule has 2 N–H and O–H groups in total. The number of hydrogen-bond acceptors (Lipinski definition) is 5. The first-order chi connectivity index (χ1) is 8.85. The second kappa shape index (κ2) is 5.24. The average Bonchev–Trinajstić information content (AvgIpc) is 2.81. The van der Waals surface area contributed by atoms with Crippen molar-refractivity contribution in [3.8, 4) is 0 Å². The Labute approximate surface area is 113 Å². The fraction of sp³-hybridized carbons (Fsp3) is 0.818. The maximum Gasteiger partial charge on any atom is 0.445 e. The van der Waals surface area contributed by atoms with E-state index in [1.54, 1.807) is 0 Å². The van der Waals surface area contributed by atoms with Crippen LogP contribution in [0.5, 0.6) is 0 Å². The summed E-state index contributed by atoms with van der Waals surface area (Å²) in [6, 6.07) is 0. The van der Waals surface area contributed by atoms with Gasteiger partial charge in [0.05, 0.1) is 12.1 Å². The summed E-state index contributed by atoms with van der Waals surface area (Å²) in [6.07, 6.45) is -1.13. The molecule has 0 unspecified atom stereocenters. The van der Waals surface area contributed by atoms with E-state index < -0.39 is 16.7 Å². The van der Waals surface area contributed by atoms with Gasteiger partial charge in [0.15, 0.2) is 0 Å². The number of nitrogens with one attached hydrogen (secondary N) is 1.